The van der Waals surface area contributed by atoms with Gasteiger partial charge in [-0.2, -0.15) is 0 Å². The normalized spacial score (nSPS) is 15.1. The van der Waals surface area contributed by atoms with E-state index in [1.54, 1.807) is 0 Å². The molecule has 35 heavy (non-hydrogen) atoms. The highest BCUT2D eigenvalue weighted by atomic mass is 16.5. The van der Waals surface area contributed by atoms with Crippen LogP contribution < -0.4 is 25.2 Å². The SMILES string of the molecule is C=Nc1ccc(C2C=c3/c(=C\c4ccc(N(C)C)cc4)c4cc(OC(C)=O)ccc4n3N2C)cc1. The molecule has 0 spiro atoms. The Balaban J connectivity index is 1.72. The monoisotopic (exact) mass is 464 g/mol. The molecule has 1 unspecified atom stereocenters. The van der Waals surface area contributed by atoms with Gasteiger partial charge in [0.25, 0.3) is 0 Å². The first-order valence-electron chi connectivity index (χ1n) is 11.5. The van der Waals surface area contributed by atoms with Crippen LogP contribution in [0.5, 0.6) is 5.75 Å². The van der Waals surface area contributed by atoms with Crippen molar-refractivity contribution in [3.05, 3.63) is 88.4 Å². The Morgan fingerprint density at radius 2 is 1.77 bits per heavy atom. The number of hydrogen-bond acceptors (Lipinski definition) is 5. The van der Waals surface area contributed by atoms with Gasteiger partial charge in [-0.15, -0.1) is 0 Å². The number of rotatable bonds is 5. The maximum atomic E-state index is 11.6. The molecule has 3 aromatic carbocycles. The summed E-state index contributed by atoms with van der Waals surface area (Å²) < 4.78 is 7.64. The predicted octanol–water partition coefficient (Wildman–Crippen LogP) is 3.90. The second-order valence-corrected chi connectivity index (χ2v) is 8.95. The van der Waals surface area contributed by atoms with Crippen LogP contribution in [0.25, 0.3) is 23.1 Å². The highest BCUT2D eigenvalue weighted by molar-refractivity contribution is 5.86. The molecule has 0 saturated heterocycles. The fraction of sp³-hybridized carbons (Fsp3) is 0.172. The number of hydrogen-bond donors (Lipinski definition) is 0. The minimum absolute atomic E-state index is 0.0738. The van der Waals surface area contributed by atoms with Gasteiger partial charge >= 0.3 is 5.97 Å². The fourth-order valence-corrected chi connectivity index (χ4v) is 4.68. The minimum atomic E-state index is -0.331. The van der Waals surface area contributed by atoms with Crippen molar-refractivity contribution >= 4 is 47.1 Å². The van der Waals surface area contributed by atoms with E-state index < -0.39 is 0 Å². The summed E-state index contributed by atoms with van der Waals surface area (Å²) in [5.74, 6) is 0.209. The van der Waals surface area contributed by atoms with Crippen LogP contribution in [0.3, 0.4) is 0 Å². The van der Waals surface area contributed by atoms with E-state index in [-0.39, 0.29) is 12.0 Å². The summed E-state index contributed by atoms with van der Waals surface area (Å²) in [6.07, 6.45) is 4.48. The third-order valence-electron chi connectivity index (χ3n) is 6.42. The number of fused-ring (bicyclic) bond motifs is 3. The van der Waals surface area contributed by atoms with Gasteiger partial charge in [0.2, 0.25) is 0 Å². The van der Waals surface area contributed by atoms with E-state index in [4.69, 9.17) is 4.74 Å². The molecule has 1 aliphatic rings. The number of ether oxygens (including phenoxy) is 1. The summed E-state index contributed by atoms with van der Waals surface area (Å²) >= 11 is 0. The molecule has 0 amide bonds. The lowest BCUT2D eigenvalue weighted by Crippen LogP contribution is -2.35. The molecule has 0 aliphatic carbocycles. The molecule has 0 radical (unpaired) electrons. The quantitative estimate of drug-likeness (QED) is 0.255. The molecule has 5 rings (SSSR count). The maximum Gasteiger partial charge on any atom is 0.308 e. The van der Waals surface area contributed by atoms with E-state index in [9.17, 15) is 4.79 Å². The van der Waals surface area contributed by atoms with Crippen LogP contribution in [0.1, 0.15) is 24.1 Å². The fourth-order valence-electron chi connectivity index (χ4n) is 4.68. The maximum absolute atomic E-state index is 11.6. The number of anilines is 1. The van der Waals surface area contributed by atoms with Crippen LogP contribution in [-0.4, -0.2) is 38.5 Å². The van der Waals surface area contributed by atoms with Crippen molar-refractivity contribution in [1.29, 1.82) is 0 Å². The van der Waals surface area contributed by atoms with E-state index in [0.717, 1.165) is 38.4 Å². The number of benzene rings is 3. The van der Waals surface area contributed by atoms with Gasteiger partial charge in [-0.05, 0) is 72.5 Å². The average molecular weight is 465 g/mol. The van der Waals surface area contributed by atoms with E-state index in [1.165, 1.54) is 12.5 Å². The Labute approximate surface area is 204 Å². The topological polar surface area (TPSA) is 50.1 Å². The Morgan fingerprint density at radius 3 is 2.40 bits per heavy atom. The number of esters is 1. The van der Waals surface area contributed by atoms with E-state index in [0.29, 0.717) is 5.75 Å². The van der Waals surface area contributed by atoms with Crippen molar-refractivity contribution in [3.63, 3.8) is 0 Å². The molecular weight excluding hydrogens is 436 g/mol. The Hall–Kier alpha value is -4.32. The van der Waals surface area contributed by atoms with Gasteiger partial charge in [0.15, 0.2) is 0 Å². The van der Waals surface area contributed by atoms with Gasteiger partial charge in [-0.25, -0.2) is 0 Å². The second-order valence-electron chi connectivity index (χ2n) is 8.95. The summed E-state index contributed by atoms with van der Waals surface area (Å²) in [5, 5.41) is 5.45. The van der Waals surface area contributed by atoms with Gasteiger partial charge in [-0.1, -0.05) is 24.3 Å². The van der Waals surface area contributed by atoms with Crippen LogP contribution in [0, 0.1) is 0 Å². The van der Waals surface area contributed by atoms with Crippen molar-refractivity contribution in [2.75, 3.05) is 31.1 Å². The molecule has 4 aromatic rings. The molecule has 176 valence electrons. The first-order valence-corrected chi connectivity index (χ1v) is 11.5. The number of carbonyl (C=O) groups is 1. The highest BCUT2D eigenvalue weighted by Crippen LogP contribution is 2.28. The zero-order valence-corrected chi connectivity index (χ0v) is 20.4. The van der Waals surface area contributed by atoms with Crippen LogP contribution >= 0.6 is 0 Å². The summed E-state index contributed by atoms with van der Waals surface area (Å²) in [5.41, 5.74) is 5.33. The smallest absolute Gasteiger partial charge is 0.308 e. The summed E-state index contributed by atoms with van der Waals surface area (Å²) in [7, 11) is 6.16. The molecule has 6 nitrogen and oxygen atoms in total. The third-order valence-corrected chi connectivity index (χ3v) is 6.42. The zero-order valence-electron chi connectivity index (χ0n) is 20.4. The average Bonchev–Trinajstić information content (AvgIpc) is 3.33. The van der Waals surface area contributed by atoms with Crippen LogP contribution in [-0.2, 0) is 4.79 Å². The van der Waals surface area contributed by atoms with Crippen LogP contribution in [0.15, 0.2) is 71.7 Å². The van der Waals surface area contributed by atoms with Crippen molar-refractivity contribution in [1.82, 2.24) is 4.68 Å². The first-order chi connectivity index (χ1) is 16.9. The Bertz CT molecular complexity index is 1550. The van der Waals surface area contributed by atoms with Gasteiger partial charge < -0.3 is 14.6 Å². The molecule has 1 atom stereocenters. The Morgan fingerprint density at radius 1 is 1.06 bits per heavy atom. The summed E-state index contributed by atoms with van der Waals surface area (Å²) in [6, 6.07) is 22.5. The van der Waals surface area contributed by atoms with Crippen LogP contribution in [0.2, 0.25) is 0 Å². The van der Waals surface area contributed by atoms with Crippen molar-refractivity contribution in [3.8, 4) is 5.75 Å². The molecular formula is C29H28N4O2. The summed E-state index contributed by atoms with van der Waals surface area (Å²) in [6.45, 7) is 5.03. The number of aromatic nitrogens is 1. The second kappa shape index (κ2) is 8.80. The molecule has 0 N–H and O–H groups in total. The van der Waals surface area contributed by atoms with Gasteiger partial charge in [0.1, 0.15) is 5.75 Å². The number of nitrogens with zero attached hydrogens (tertiary/aromatic N) is 4. The van der Waals surface area contributed by atoms with Crippen molar-refractivity contribution < 1.29 is 9.53 Å². The lowest BCUT2D eigenvalue weighted by atomic mass is 10.1. The molecule has 0 bridgehead atoms. The van der Waals surface area contributed by atoms with Crippen molar-refractivity contribution in [2.45, 2.75) is 13.0 Å². The number of carbonyl (C=O) groups excluding carboxylic acids is 1. The van der Waals surface area contributed by atoms with Gasteiger partial charge in [-0.3, -0.25) is 14.5 Å². The molecule has 1 aromatic heterocycles. The summed E-state index contributed by atoms with van der Waals surface area (Å²) in [4.78, 5) is 17.7. The molecule has 1 aliphatic heterocycles. The number of aliphatic imine (C=N–C) groups is 1. The first kappa shape index (κ1) is 22.5. The Kier molecular flexibility index (Phi) is 5.65. The molecule has 6 heteroatoms. The van der Waals surface area contributed by atoms with E-state index in [2.05, 4.69) is 81.9 Å². The lowest BCUT2D eigenvalue weighted by molar-refractivity contribution is -0.131. The largest absolute Gasteiger partial charge is 0.427 e. The molecule has 2 heterocycles. The third kappa shape index (κ3) is 4.08. The van der Waals surface area contributed by atoms with Crippen LogP contribution in [0.4, 0.5) is 11.4 Å². The standard InChI is InChI=1S/C29H28N4O2/c1-19(34)35-24-14-15-27-26(17-24)25(16-20-6-12-23(13-7-20)31(3)4)29-18-28(32(5)33(27)29)21-8-10-22(30-2)11-9-21/h6-18,28H,2H2,1,3-5H3/b25-16-. The zero-order chi connectivity index (χ0) is 24.7. The van der Waals surface area contributed by atoms with Crippen molar-refractivity contribution in [2.24, 2.45) is 4.99 Å². The molecule has 0 saturated carbocycles. The van der Waals surface area contributed by atoms with Gasteiger partial charge in [0.05, 0.1) is 22.6 Å². The molecule has 0 fully saturated rings. The predicted molar refractivity (Wildman–Crippen MR) is 144 cm³/mol. The van der Waals surface area contributed by atoms with Gasteiger partial charge in [0, 0.05) is 44.4 Å². The minimum Gasteiger partial charge on any atom is -0.427 e. The van der Waals surface area contributed by atoms with E-state index in [1.807, 2.05) is 44.4 Å². The van der Waals surface area contributed by atoms with E-state index >= 15 is 0 Å². The lowest BCUT2D eigenvalue weighted by Gasteiger charge is -2.25. The highest BCUT2D eigenvalue weighted by Gasteiger charge is 2.25.